The normalized spacial score (nSPS) is 17.0. The molecule has 0 bridgehead atoms. The van der Waals surface area contributed by atoms with Gasteiger partial charge in [0.15, 0.2) is 0 Å². The summed E-state index contributed by atoms with van der Waals surface area (Å²) in [6.07, 6.45) is 2.65. The number of rotatable bonds is 5. The topological polar surface area (TPSA) is 51.2 Å². The Labute approximate surface area is 138 Å². The molecule has 2 heterocycles. The molecule has 1 aromatic carbocycles. The zero-order valence-corrected chi connectivity index (χ0v) is 13.3. The number of ether oxygens (including phenoxy) is 1. The number of nitrogens with zero attached hydrogens (tertiary/aromatic N) is 1. The first-order valence-corrected chi connectivity index (χ1v) is 8.60. The Hall–Kier alpha value is -2.08. The molecule has 23 heavy (non-hydrogen) atoms. The van der Waals surface area contributed by atoms with Crippen molar-refractivity contribution in [2.75, 3.05) is 11.5 Å². The number of hydrogen-bond donors (Lipinski definition) is 1. The first kappa shape index (κ1) is 15.8. The van der Waals surface area contributed by atoms with E-state index in [1.807, 2.05) is 11.8 Å². The molecule has 0 unspecified atom stereocenters. The van der Waals surface area contributed by atoms with Crippen molar-refractivity contribution in [2.45, 2.75) is 19.1 Å². The predicted molar refractivity (Wildman–Crippen MR) is 88.2 cm³/mol. The molecule has 0 spiro atoms. The largest absolute Gasteiger partial charge is 0.473 e. The second-order valence-corrected chi connectivity index (χ2v) is 6.38. The van der Waals surface area contributed by atoms with Gasteiger partial charge in [-0.1, -0.05) is 18.2 Å². The summed E-state index contributed by atoms with van der Waals surface area (Å²) < 4.78 is 19.4. The molecule has 4 nitrogen and oxygen atoms in total. The molecule has 1 N–H and O–H groups in total. The summed E-state index contributed by atoms with van der Waals surface area (Å²) in [6.45, 7) is 0.124. The average molecular weight is 332 g/mol. The van der Waals surface area contributed by atoms with Crippen LogP contribution in [0.3, 0.4) is 0 Å². The van der Waals surface area contributed by atoms with E-state index in [1.165, 1.54) is 6.07 Å². The molecular formula is C17H17FN2O2S. The van der Waals surface area contributed by atoms with Crippen molar-refractivity contribution in [1.29, 1.82) is 0 Å². The molecule has 1 amide bonds. The standard InChI is InChI=1S/C17H17FN2O2S/c18-15-6-2-1-4-12(15)10-20-16(21)14-5-3-8-19-17(14)22-13-7-9-23-11-13/h1-6,8,13H,7,9-11H2,(H,20,21)/t13-/m1/s1. The highest BCUT2D eigenvalue weighted by molar-refractivity contribution is 7.99. The summed E-state index contributed by atoms with van der Waals surface area (Å²) in [5.41, 5.74) is 0.820. The lowest BCUT2D eigenvalue weighted by molar-refractivity contribution is 0.0943. The number of carbonyl (C=O) groups is 1. The molecule has 1 fully saturated rings. The lowest BCUT2D eigenvalue weighted by Crippen LogP contribution is -2.25. The third kappa shape index (κ3) is 4.01. The zero-order chi connectivity index (χ0) is 16.1. The Bertz CT molecular complexity index is 690. The lowest BCUT2D eigenvalue weighted by Gasteiger charge is -2.14. The molecule has 0 aliphatic carbocycles. The van der Waals surface area contributed by atoms with Crippen LogP contribution in [0.1, 0.15) is 22.3 Å². The first-order chi connectivity index (χ1) is 11.2. The van der Waals surface area contributed by atoms with Crippen LogP contribution in [-0.2, 0) is 6.54 Å². The summed E-state index contributed by atoms with van der Waals surface area (Å²) in [5.74, 6) is 1.66. The van der Waals surface area contributed by atoms with Crippen molar-refractivity contribution in [3.8, 4) is 5.88 Å². The molecule has 2 aromatic rings. The Morgan fingerprint density at radius 2 is 2.22 bits per heavy atom. The van der Waals surface area contributed by atoms with Crippen molar-refractivity contribution < 1.29 is 13.9 Å². The number of hydrogen-bond acceptors (Lipinski definition) is 4. The number of thioether (sulfide) groups is 1. The van der Waals surface area contributed by atoms with Gasteiger partial charge in [-0.25, -0.2) is 9.37 Å². The minimum atomic E-state index is -0.335. The third-order valence-electron chi connectivity index (χ3n) is 3.58. The fourth-order valence-corrected chi connectivity index (χ4v) is 3.43. The second-order valence-electron chi connectivity index (χ2n) is 5.23. The maximum atomic E-state index is 13.6. The fraction of sp³-hybridized carbons (Fsp3) is 0.294. The third-order valence-corrected chi connectivity index (χ3v) is 4.71. The molecule has 0 radical (unpaired) electrons. The fourth-order valence-electron chi connectivity index (χ4n) is 2.33. The maximum absolute atomic E-state index is 13.6. The number of aromatic nitrogens is 1. The van der Waals surface area contributed by atoms with Gasteiger partial charge in [-0.3, -0.25) is 4.79 Å². The van der Waals surface area contributed by atoms with Gasteiger partial charge in [0.2, 0.25) is 5.88 Å². The number of halogens is 1. The highest BCUT2D eigenvalue weighted by Crippen LogP contribution is 2.24. The summed E-state index contributed by atoms with van der Waals surface area (Å²) in [6, 6.07) is 9.73. The van der Waals surface area contributed by atoms with Gasteiger partial charge in [0.25, 0.3) is 5.91 Å². The summed E-state index contributed by atoms with van der Waals surface area (Å²) >= 11 is 1.83. The Kier molecular flexibility index (Phi) is 5.12. The number of carbonyl (C=O) groups excluding carboxylic acids is 1. The quantitative estimate of drug-likeness (QED) is 0.914. The van der Waals surface area contributed by atoms with Crippen molar-refractivity contribution >= 4 is 17.7 Å². The van der Waals surface area contributed by atoms with E-state index >= 15 is 0 Å². The van der Waals surface area contributed by atoms with E-state index in [0.29, 0.717) is 17.0 Å². The lowest BCUT2D eigenvalue weighted by atomic mass is 10.2. The molecule has 1 aliphatic heterocycles. The van der Waals surface area contributed by atoms with Crippen LogP contribution in [-0.4, -0.2) is 28.5 Å². The molecule has 120 valence electrons. The number of amides is 1. The van der Waals surface area contributed by atoms with E-state index in [-0.39, 0.29) is 24.4 Å². The second kappa shape index (κ2) is 7.46. The summed E-state index contributed by atoms with van der Waals surface area (Å²) in [4.78, 5) is 16.5. The molecule has 1 aromatic heterocycles. The average Bonchev–Trinajstić information content (AvgIpc) is 3.07. The van der Waals surface area contributed by atoms with Crippen LogP contribution >= 0.6 is 11.8 Å². The van der Waals surface area contributed by atoms with Crippen molar-refractivity contribution in [2.24, 2.45) is 0 Å². The van der Waals surface area contributed by atoms with Gasteiger partial charge in [0.1, 0.15) is 17.5 Å². The minimum absolute atomic E-state index is 0.0908. The summed E-state index contributed by atoms with van der Waals surface area (Å²) in [5, 5.41) is 2.72. The number of nitrogens with one attached hydrogen (secondary N) is 1. The molecule has 6 heteroatoms. The maximum Gasteiger partial charge on any atom is 0.257 e. The molecule has 3 rings (SSSR count). The number of benzene rings is 1. The van der Waals surface area contributed by atoms with Crippen LogP contribution in [0.2, 0.25) is 0 Å². The molecule has 1 atom stereocenters. The van der Waals surface area contributed by atoms with E-state index in [1.54, 1.807) is 36.5 Å². The first-order valence-electron chi connectivity index (χ1n) is 7.45. The van der Waals surface area contributed by atoms with E-state index in [4.69, 9.17) is 4.74 Å². The smallest absolute Gasteiger partial charge is 0.257 e. The van der Waals surface area contributed by atoms with E-state index in [2.05, 4.69) is 10.3 Å². The van der Waals surface area contributed by atoms with Crippen LogP contribution in [0, 0.1) is 5.82 Å². The van der Waals surface area contributed by atoms with Gasteiger partial charge in [-0.15, -0.1) is 0 Å². The van der Waals surface area contributed by atoms with E-state index in [0.717, 1.165) is 17.9 Å². The van der Waals surface area contributed by atoms with Crippen molar-refractivity contribution in [1.82, 2.24) is 10.3 Å². The highest BCUT2D eigenvalue weighted by atomic mass is 32.2. The van der Waals surface area contributed by atoms with Crippen LogP contribution in [0.15, 0.2) is 42.6 Å². The van der Waals surface area contributed by atoms with Crippen LogP contribution in [0.4, 0.5) is 4.39 Å². The van der Waals surface area contributed by atoms with Gasteiger partial charge in [-0.2, -0.15) is 11.8 Å². The highest BCUT2D eigenvalue weighted by Gasteiger charge is 2.21. The minimum Gasteiger partial charge on any atom is -0.473 e. The Morgan fingerprint density at radius 3 is 3.00 bits per heavy atom. The van der Waals surface area contributed by atoms with Gasteiger partial charge in [0, 0.05) is 24.1 Å². The molecule has 1 saturated heterocycles. The molecular weight excluding hydrogens is 315 g/mol. The van der Waals surface area contributed by atoms with Gasteiger partial charge in [-0.05, 0) is 30.4 Å². The van der Waals surface area contributed by atoms with Crippen LogP contribution in [0.25, 0.3) is 0 Å². The number of pyridine rings is 1. The van der Waals surface area contributed by atoms with E-state index < -0.39 is 0 Å². The van der Waals surface area contributed by atoms with Crippen LogP contribution in [0.5, 0.6) is 5.88 Å². The monoisotopic (exact) mass is 332 g/mol. The van der Waals surface area contributed by atoms with E-state index in [9.17, 15) is 9.18 Å². The van der Waals surface area contributed by atoms with Gasteiger partial charge >= 0.3 is 0 Å². The van der Waals surface area contributed by atoms with Gasteiger partial charge in [0.05, 0.1) is 0 Å². The SMILES string of the molecule is O=C(NCc1ccccc1F)c1cccnc1O[C@@H]1CCSC1. The van der Waals surface area contributed by atoms with Crippen molar-refractivity contribution in [3.63, 3.8) is 0 Å². The predicted octanol–water partition coefficient (Wildman–Crippen LogP) is 3.04. The zero-order valence-electron chi connectivity index (χ0n) is 12.5. The Morgan fingerprint density at radius 1 is 1.35 bits per heavy atom. The van der Waals surface area contributed by atoms with Crippen LogP contribution < -0.4 is 10.1 Å². The van der Waals surface area contributed by atoms with Crippen molar-refractivity contribution in [3.05, 3.63) is 59.5 Å². The Balaban J connectivity index is 1.68. The van der Waals surface area contributed by atoms with Gasteiger partial charge < -0.3 is 10.1 Å². The summed E-state index contributed by atoms with van der Waals surface area (Å²) in [7, 11) is 0. The molecule has 1 aliphatic rings. The molecule has 0 saturated carbocycles.